The molecule has 15 heavy (non-hydrogen) atoms. The average Bonchev–Trinajstić information content (AvgIpc) is 2.84. The van der Waals surface area contributed by atoms with Crippen LogP contribution in [0.15, 0.2) is 5.38 Å². The first kappa shape index (κ1) is 11.0. The third-order valence-electron chi connectivity index (χ3n) is 2.63. The van der Waals surface area contributed by atoms with E-state index in [2.05, 4.69) is 4.98 Å². The van der Waals surface area contributed by atoms with E-state index in [1.54, 1.807) is 18.4 Å². The maximum Gasteiger partial charge on any atom is 0.0952 e. The first-order valence-electron chi connectivity index (χ1n) is 5.05. The lowest BCUT2D eigenvalue weighted by molar-refractivity contribution is 0.177. The molecule has 1 aliphatic rings. The van der Waals surface area contributed by atoms with Gasteiger partial charge in [0, 0.05) is 25.5 Å². The standard InChI is InChI=1S/C10H16N2O2S/c1-13-4-2-9-12-8(6-15-9)10(11)3-5-14-7-10/h6H,2-5,7,11H2,1H3. The van der Waals surface area contributed by atoms with Crippen molar-refractivity contribution in [3.8, 4) is 0 Å². The van der Waals surface area contributed by atoms with Gasteiger partial charge in [0.05, 0.1) is 29.5 Å². The van der Waals surface area contributed by atoms with Gasteiger partial charge in [0.15, 0.2) is 0 Å². The van der Waals surface area contributed by atoms with Gasteiger partial charge in [0.25, 0.3) is 0 Å². The van der Waals surface area contributed by atoms with Crippen LogP contribution in [-0.4, -0.2) is 31.9 Å². The van der Waals surface area contributed by atoms with Crippen LogP contribution in [-0.2, 0) is 21.4 Å². The summed E-state index contributed by atoms with van der Waals surface area (Å²) < 4.78 is 10.3. The molecule has 1 aromatic heterocycles. The SMILES string of the molecule is COCCc1nc(C2(N)CCOC2)cs1. The molecule has 2 N–H and O–H groups in total. The highest BCUT2D eigenvalue weighted by molar-refractivity contribution is 7.09. The predicted octanol–water partition coefficient (Wildman–Crippen LogP) is 0.906. The maximum absolute atomic E-state index is 6.21. The number of ether oxygens (including phenoxy) is 2. The summed E-state index contributed by atoms with van der Waals surface area (Å²) in [7, 11) is 1.70. The molecule has 1 atom stereocenters. The largest absolute Gasteiger partial charge is 0.384 e. The number of aromatic nitrogens is 1. The molecule has 84 valence electrons. The topological polar surface area (TPSA) is 57.4 Å². The summed E-state index contributed by atoms with van der Waals surface area (Å²) in [6, 6.07) is 0. The lowest BCUT2D eigenvalue weighted by Gasteiger charge is -2.18. The molecule has 4 nitrogen and oxygen atoms in total. The molecule has 0 spiro atoms. The number of nitrogens with two attached hydrogens (primary N) is 1. The highest BCUT2D eigenvalue weighted by Gasteiger charge is 2.34. The van der Waals surface area contributed by atoms with E-state index < -0.39 is 0 Å². The Morgan fingerprint density at radius 1 is 1.73 bits per heavy atom. The van der Waals surface area contributed by atoms with E-state index in [-0.39, 0.29) is 5.54 Å². The molecule has 2 heterocycles. The van der Waals surface area contributed by atoms with Gasteiger partial charge in [-0.15, -0.1) is 11.3 Å². The number of nitrogens with zero attached hydrogens (tertiary/aromatic N) is 1. The van der Waals surface area contributed by atoms with E-state index in [0.29, 0.717) is 13.2 Å². The number of rotatable bonds is 4. The van der Waals surface area contributed by atoms with Crippen molar-refractivity contribution in [2.75, 3.05) is 26.9 Å². The molecule has 1 saturated heterocycles. The van der Waals surface area contributed by atoms with E-state index in [4.69, 9.17) is 15.2 Å². The average molecular weight is 228 g/mol. The molecule has 0 aromatic carbocycles. The number of hydrogen-bond acceptors (Lipinski definition) is 5. The number of methoxy groups -OCH3 is 1. The van der Waals surface area contributed by atoms with Crippen molar-refractivity contribution in [2.24, 2.45) is 5.73 Å². The van der Waals surface area contributed by atoms with E-state index in [0.717, 1.165) is 30.2 Å². The van der Waals surface area contributed by atoms with Crippen LogP contribution >= 0.6 is 11.3 Å². The fourth-order valence-corrected chi connectivity index (χ4v) is 2.51. The van der Waals surface area contributed by atoms with Crippen LogP contribution in [0.4, 0.5) is 0 Å². The quantitative estimate of drug-likeness (QED) is 0.832. The van der Waals surface area contributed by atoms with Crippen LogP contribution in [0.3, 0.4) is 0 Å². The lowest BCUT2D eigenvalue weighted by Crippen LogP contribution is -2.37. The Balaban J connectivity index is 2.05. The summed E-state index contributed by atoms with van der Waals surface area (Å²) in [6.45, 7) is 2.03. The van der Waals surface area contributed by atoms with Crippen LogP contribution in [0, 0.1) is 0 Å². The number of hydrogen-bond donors (Lipinski definition) is 1. The second-order valence-electron chi connectivity index (χ2n) is 3.83. The molecule has 0 bridgehead atoms. The van der Waals surface area contributed by atoms with Gasteiger partial charge >= 0.3 is 0 Å². The van der Waals surface area contributed by atoms with Crippen LogP contribution in [0.1, 0.15) is 17.1 Å². The Kier molecular flexibility index (Phi) is 3.35. The summed E-state index contributed by atoms with van der Waals surface area (Å²) in [6.07, 6.45) is 1.72. The van der Waals surface area contributed by atoms with Gasteiger partial charge in [-0.2, -0.15) is 0 Å². The summed E-state index contributed by atoms with van der Waals surface area (Å²) in [5, 5.41) is 3.13. The van der Waals surface area contributed by atoms with Gasteiger partial charge in [-0.05, 0) is 6.42 Å². The van der Waals surface area contributed by atoms with Gasteiger partial charge in [-0.3, -0.25) is 0 Å². The summed E-state index contributed by atoms with van der Waals surface area (Å²) in [5.41, 5.74) is 6.82. The fraction of sp³-hybridized carbons (Fsp3) is 0.700. The molecule has 2 rings (SSSR count). The Labute approximate surface area is 93.4 Å². The van der Waals surface area contributed by atoms with Gasteiger partial charge in [-0.1, -0.05) is 0 Å². The third-order valence-corrected chi connectivity index (χ3v) is 3.54. The van der Waals surface area contributed by atoms with Gasteiger partial charge in [0.1, 0.15) is 0 Å². The van der Waals surface area contributed by atoms with Crippen LogP contribution < -0.4 is 5.73 Å². The predicted molar refractivity (Wildman–Crippen MR) is 59.0 cm³/mol. The molecule has 1 aliphatic heterocycles. The van der Waals surface area contributed by atoms with Gasteiger partial charge < -0.3 is 15.2 Å². The molecule has 0 amide bonds. The van der Waals surface area contributed by atoms with Crippen molar-refractivity contribution < 1.29 is 9.47 Å². The highest BCUT2D eigenvalue weighted by Crippen LogP contribution is 2.28. The van der Waals surface area contributed by atoms with Crippen molar-refractivity contribution in [1.82, 2.24) is 4.98 Å². The molecule has 1 fully saturated rings. The summed E-state index contributed by atoms with van der Waals surface area (Å²) >= 11 is 1.65. The fourth-order valence-electron chi connectivity index (χ4n) is 1.63. The van der Waals surface area contributed by atoms with Crippen molar-refractivity contribution in [3.63, 3.8) is 0 Å². The van der Waals surface area contributed by atoms with Crippen molar-refractivity contribution in [2.45, 2.75) is 18.4 Å². The minimum Gasteiger partial charge on any atom is -0.384 e. The van der Waals surface area contributed by atoms with E-state index in [1.165, 1.54) is 0 Å². The normalized spacial score (nSPS) is 26.0. The minimum absolute atomic E-state index is 0.359. The molecule has 0 radical (unpaired) electrons. The second kappa shape index (κ2) is 4.57. The van der Waals surface area contributed by atoms with E-state index in [9.17, 15) is 0 Å². The van der Waals surface area contributed by atoms with Crippen molar-refractivity contribution >= 4 is 11.3 Å². The minimum atomic E-state index is -0.359. The van der Waals surface area contributed by atoms with Crippen LogP contribution in [0.2, 0.25) is 0 Å². The highest BCUT2D eigenvalue weighted by atomic mass is 32.1. The second-order valence-corrected chi connectivity index (χ2v) is 4.77. The number of thiazole rings is 1. The summed E-state index contributed by atoms with van der Waals surface area (Å²) in [5.74, 6) is 0. The Bertz CT molecular complexity index is 321. The van der Waals surface area contributed by atoms with E-state index >= 15 is 0 Å². The van der Waals surface area contributed by atoms with E-state index in [1.807, 2.05) is 5.38 Å². The molecule has 1 aromatic rings. The summed E-state index contributed by atoms with van der Waals surface area (Å²) in [4.78, 5) is 4.54. The van der Waals surface area contributed by atoms with Crippen LogP contribution in [0.25, 0.3) is 0 Å². The van der Waals surface area contributed by atoms with Crippen LogP contribution in [0.5, 0.6) is 0 Å². The molecule has 0 saturated carbocycles. The van der Waals surface area contributed by atoms with Crippen molar-refractivity contribution in [1.29, 1.82) is 0 Å². The molecule has 0 aliphatic carbocycles. The van der Waals surface area contributed by atoms with Crippen molar-refractivity contribution in [3.05, 3.63) is 16.1 Å². The first-order valence-corrected chi connectivity index (χ1v) is 5.93. The smallest absolute Gasteiger partial charge is 0.0952 e. The Morgan fingerprint density at radius 3 is 3.27 bits per heavy atom. The molecular formula is C10H16N2O2S. The Hall–Kier alpha value is -0.490. The maximum atomic E-state index is 6.21. The zero-order valence-corrected chi connectivity index (χ0v) is 9.68. The molecular weight excluding hydrogens is 212 g/mol. The molecule has 5 heteroatoms. The zero-order valence-electron chi connectivity index (χ0n) is 8.86. The van der Waals surface area contributed by atoms with Gasteiger partial charge in [-0.25, -0.2) is 4.98 Å². The Morgan fingerprint density at radius 2 is 2.60 bits per heavy atom. The lowest BCUT2D eigenvalue weighted by atomic mass is 9.97. The monoisotopic (exact) mass is 228 g/mol. The third kappa shape index (κ3) is 2.36. The van der Waals surface area contributed by atoms with Gasteiger partial charge in [0.2, 0.25) is 0 Å². The molecule has 1 unspecified atom stereocenters. The first-order chi connectivity index (χ1) is 7.24. The zero-order chi connectivity index (χ0) is 10.7.